The van der Waals surface area contributed by atoms with Crippen LogP contribution in [0, 0.1) is 18.8 Å². The Labute approximate surface area is 99.0 Å². The molecule has 2 nitrogen and oxygen atoms in total. The van der Waals surface area contributed by atoms with E-state index in [4.69, 9.17) is 0 Å². The topological polar surface area (TPSA) is 34.1 Å². The van der Waals surface area contributed by atoms with Gasteiger partial charge in [0.2, 0.25) is 0 Å². The Kier molecular flexibility index (Phi) is 2.11. The average molecular weight is 224 g/mol. The van der Waals surface area contributed by atoms with Crippen LogP contribution in [-0.4, -0.2) is 11.6 Å². The van der Waals surface area contributed by atoms with E-state index in [9.17, 15) is 9.59 Å². The Morgan fingerprint density at radius 1 is 0.882 bits per heavy atom. The van der Waals surface area contributed by atoms with E-state index in [2.05, 4.69) is 6.07 Å². The molecule has 1 aromatic carbocycles. The molecule has 84 valence electrons. The Balaban J connectivity index is 2.26. The van der Waals surface area contributed by atoms with E-state index >= 15 is 0 Å². The minimum Gasteiger partial charge on any atom is -0.294 e. The molecule has 2 heteroatoms. The number of allylic oxidation sites excluding steroid dienone is 2. The normalized spacial score (nSPS) is 25.7. The van der Waals surface area contributed by atoms with Crippen LogP contribution in [0.1, 0.15) is 5.56 Å². The SMILES string of the molecule is Cc1ccc2c(c1)=CC1C(=O)C=CC(=O)C1C=2. The summed E-state index contributed by atoms with van der Waals surface area (Å²) in [5, 5.41) is 2.11. The molecule has 1 aromatic rings. The molecule has 0 spiro atoms. The highest BCUT2D eigenvalue weighted by Crippen LogP contribution is 2.24. The van der Waals surface area contributed by atoms with Crippen molar-refractivity contribution in [3.8, 4) is 0 Å². The zero-order valence-electron chi connectivity index (χ0n) is 9.51. The third-order valence-electron chi connectivity index (χ3n) is 3.42. The van der Waals surface area contributed by atoms with Crippen molar-refractivity contribution in [3.05, 3.63) is 46.4 Å². The number of hydrogen-bond donors (Lipinski definition) is 0. The zero-order chi connectivity index (χ0) is 12.0. The van der Waals surface area contributed by atoms with Gasteiger partial charge in [-0.3, -0.25) is 9.59 Å². The third-order valence-corrected chi connectivity index (χ3v) is 3.42. The lowest BCUT2D eigenvalue weighted by molar-refractivity contribution is -0.125. The van der Waals surface area contributed by atoms with Crippen LogP contribution in [-0.2, 0) is 9.59 Å². The van der Waals surface area contributed by atoms with Crippen molar-refractivity contribution in [2.75, 3.05) is 0 Å². The summed E-state index contributed by atoms with van der Waals surface area (Å²) < 4.78 is 0. The van der Waals surface area contributed by atoms with E-state index in [0.29, 0.717) is 0 Å². The number of fused-ring (bicyclic) bond motifs is 2. The van der Waals surface area contributed by atoms with E-state index in [0.717, 1.165) is 16.0 Å². The molecule has 0 bridgehead atoms. The molecule has 0 N–H and O–H groups in total. The van der Waals surface area contributed by atoms with Crippen LogP contribution in [0.15, 0.2) is 30.4 Å². The molecule has 0 saturated carbocycles. The summed E-state index contributed by atoms with van der Waals surface area (Å²) in [5.74, 6) is -0.556. The van der Waals surface area contributed by atoms with Gasteiger partial charge in [0.25, 0.3) is 0 Å². The van der Waals surface area contributed by atoms with Gasteiger partial charge in [0.05, 0.1) is 11.8 Å². The highest BCUT2D eigenvalue weighted by Gasteiger charge is 2.32. The molecule has 0 amide bonds. The van der Waals surface area contributed by atoms with Crippen LogP contribution in [0.25, 0.3) is 12.2 Å². The van der Waals surface area contributed by atoms with Crippen molar-refractivity contribution in [2.45, 2.75) is 6.92 Å². The van der Waals surface area contributed by atoms with Gasteiger partial charge in [0.1, 0.15) is 0 Å². The van der Waals surface area contributed by atoms with Crippen molar-refractivity contribution < 1.29 is 9.59 Å². The Bertz CT molecular complexity index is 665. The monoisotopic (exact) mass is 224 g/mol. The van der Waals surface area contributed by atoms with E-state index in [1.807, 2.05) is 31.2 Å². The molecule has 0 saturated heterocycles. The maximum absolute atomic E-state index is 11.8. The van der Waals surface area contributed by atoms with Crippen LogP contribution in [0.5, 0.6) is 0 Å². The number of aryl methyl sites for hydroxylation is 1. The van der Waals surface area contributed by atoms with Gasteiger partial charge >= 0.3 is 0 Å². The minimum absolute atomic E-state index is 0.0251. The smallest absolute Gasteiger partial charge is 0.163 e. The number of rotatable bonds is 0. The highest BCUT2D eigenvalue weighted by atomic mass is 16.1. The second-order valence-electron chi connectivity index (χ2n) is 4.66. The van der Waals surface area contributed by atoms with Crippen LogP contribution >= 0.6 is 0 Å². The van der Waals surface area contributed by atoms with E-state index in [-0.39, 0.29) is 23.4 Å². The first-order chi connectivity index (χ1) is 8.15. The largest absolute Gasteiger partial charge is 0.294 e. The zero-order valence-corrected chi connectivity index (χ0v) is 9.51. The fourth-order valence-electron chi connectivity index (χ4n) is 2.49. The average Bonchev–Trinajstić information content (AvgIpc) is 2.32. The molecule has 2 atom stereocenters. The van der Waals surface area contributed by atoms with Crippen molar-refractivity contribution in [1.82, 2.24) is 0 Å². The van der Waals surface area contributed by atoms with Gasteiger partial charge in [-0.1, -0.05) is 35.9 Å². The molecule has 0 aromatic heterocycles. The van der Waals surface area contributed by atoms with Crippen molar-refractivity contribution in [2.24, 2.45) is 11.8 Å². The fraction of sp³-hybridized carbons (Fsp3) is 0.200. The summed E-state index contributed by atoms with van der Waals surface area (Å²) in [6, 6.07) is 6.08. The number of benzene rings is 1. The van der Waals surface area contributed by atoms with Gasteiger partial charge in [0.15, 0.2) is 11.6 Å². The lowest BCUT2D eigenvalue weighted by atomic mass is 9.78. The maximum atomic E-state index is 11.8. The van der Waals surface area contributed by atoms with E-state index in [1.165, 1.54) is 12.2 Å². The van der Waals surface area contributed by atoms with Gasteiger partial charge < -0.3 is 0 Å². The summed E-state index contributed by atoms with van der Waals surface area (Å²) >= 11 is 0. The first-order valence-corrected chi connectivity index (χ1v) is 5.71. The molecule has 2 aliphatic carbocycles. The van der Waals surface area contributed by atoms with Gasteiger partial charge in [-0.2, -0.15) is 0 Å². The van der Waals surface area contributed by atoms with Crippen LogP contribution in [0.3, 0.4) is 0 Å². The molecule has 0 aliphatic heterocycles. The summed E-state index contributed by atoms with van der Waals surface area (Å²) in [5.41, 5.74) is 1.16. The number of hydrogen-bond acceptors (Lipinski definition) is 2. The molecule has 0 fully saturated rings. The van der Waals surface area contributed by atoms with E-state index < -0.39 is 0 Å². The summed E-state index contributed by atoms with van der Waals surface area (Å²) in [6.07, 6.45) is 6.64. The molecule has 0 heterocycles. The fourth-order valence-corrected chi connectivity index (χ4v) is 2.49. The number of carbonyl (C=O) groups excluding carboxylic acids is 2. The number of ketones is 2. The number of carbonyl (C=O) groups is 2. The molecule has 2 aliphatic rings. The highest BCUT2D eigenvalue weighted by molar-refractivity contribution is 6.12. The first kappa shape index (κ1) is 10.2. The summed E-state index contributed by atoms with van der Waals surface area (Å²) in [4.78, 5) is 23.5. The van der Waals surface area contributed by atoms with Crippen LogP contribution in [0.4, 0.5) is 0 Å². The first-order valence-electron chi connectivity index (χ1n) is 5.71. The summed E-state index contributed by atoms with van der Waals surface area (Å²) in [7, 11) is 0. The predicted molar refractivity (Wildman–Crippen MR) is 65.5 cm³/mol. The standard InChI is InChI=1S/C15H12O2/c1-9-2-3-10-7-12-13(8-11(10)6-9)15(17)5-4-14(12)16/h2-8,12-13H,1H3. The second-order valence-corrected chi connectivity index (χ2v) is 4.66. The van der Waals surface area contributed by atoms with Crippen LogP contribution < -0.4 is 10.4 Å². The van der Waals surface area contributed by atoms with Crippen molar-refractivity contribution in [3.63, 3.8) is 0 Å². The van der Waals surface area contributed by atoms with Crippen molar-refractivity contribution in [1.29, 1.82) is 0 Å². The van der Waals surface area contributed by atoms with Crippen molar-refractivity contribution >= 4 is 23.7 Å². The predicted octanol–water partition coefficient (Wildman–Crippen LogP) is 0.510. The molecule has 0 radical (unpaired) electrons. The molecule has 3 rings (SSSR count). The van der Waals surface area contributed by atoms with Gasteiger partial charge in [0, 0.05) is 0 Å². The second kappa shape index (κ2) is 3.52. The van der Waals surface area contributed by atoms with Gasteiger partial charge in [-0.05, 0) is 29.5 Å². The molecular formula is C15H12O2. The maximum Gasteiger partial charge on any atom is 0.163 e. The van der Waals surface area contributed by atoms with Gasteiger partial charge in [-0.15, -0.1) is 0 Å². The Hall–Kier alpha value is -1.96. The molecule has 17 heavy (non-hydrogen) atoms. The van der Waals surface area contributed by atoms with Gasteiger partial charge in [-0.25, -0.2) is 0 Å². The van der Waals surface area contributed by atoms with Crippen LogP contribution in [0.2, 0.25) is 0 Å². The minimum atomic E-state index is -0.304. The Morgan fingerprint density at radius 3 is 2.12 bits per heavy atom. The van der Waals surface area contributed by atoms with E-state index in [1.54, 1.807) is 0 Å². The Morgan fingerprint density at radius 2 is 1.47 bits per heavy atom. The molecule has 2 unspecified atom stereocenters. The lowest BCUT2D eigenvalue weighted by Gasteiger charge is -2.23. The quantitative estimate of drug-likeness (QED) is 0.643. The summed E-state index contributed by atoms with van der Waals surface area (Å²) in [6.45, 7) is 2.02. The third kappa shape index (κ3) is 1.57. The molecular weight excluding hydrogens is 212 g/mol. The lowest BCUT2D eigenvalue weighted by Crippen LogP contribution is -2.39.